The van der Waals surface area contributed by atoms with Gasteiger partial charge in [0.05, 0.1) is 10.6 Å². The Morgan fingerprint density at radius 3 is 2.55 bits per heavy atom. The van der Waals surface area contributed by atoms with E-state index in [1.807, 2.05) is 26.8 Å². The lowest BCUT2D eigenvalue weighted by Gasteiger charge is -2.19. The van der Waals surface area contributed by atoms with E-state index in [0.29, 0.717) is 16.3 Å². The highest BCUT2D eigenvalue weighted by Gasteiger charge is 2.18. The van der Waals surface area contributed by atoms with Gasteiger partial charge in [0, 0.05) is 16.8 Å². The zero-order valence-electron chi connectivity index (χ0n) is 12.6. The summed E-state index contributed by atoms with van der Waals surface area (Å²) in [6.45, 7) is 5.47. The van der Waals surface area contributed by atoms with E-state index in [-0.39, 0.29) is 5.97 Å². The average Bonchev–Trinajstić information content (AvgIpc) is 2.41. The minimum absolute atomic E-state index is 0.389. The van der Waals surface area contributed by atoms with Crippen LogP contribution in [0, 0.1) is 0 Å². The van der Waals surface area contributed by atoms with Crippen molar-refractivity contribution in [3.8, 4) is 0 Å². The summed E-state index contributed by atoms with van der Waals surface area (Å²) in [5.41, 5.74) is 6.42. The number of esters is 1. The third-order valence-electron chi connectivity index (χ3n) is 2.56. The fraction of sp³-hybridized carbons (Fsp3) is 0.250. The van der Waals surface area contributed by atoms with Gasteiger partial charge in [0.25, 0.3) is 0 Å². The Hall–Kier alpha value is -1.72. The summed E-state index contributed by atoms with van der Waals surface area (Å²) in [5, 5.41) is 1.36. The fourth-order valence-corrected chi connectivity index (χ4v) is 2.53. The summed E-state index contributed by atoms with van der Waals surface area (Å²) >= 11 is 7.22. The Bertz CT molecular complexity index is 682. The average molecular weight is 337 g/mol. The molecule has 1 heterocycles. The number of anilines is 1. The number of carbonyl (C=O) groups excluding carboxylic acids is 1. The lowest BCUT2D eigenvalue weighted by molar-refractivity contribution is 0.00695. The Kier molecular flexibility index (Phi) is 4.98. The lowest BCUT2D eigenvalue weighted by atomic mass is 10.1. The lowest BCUT2D eigenvalue weighted by Crippen LogP contribution is -2.23. The van der Waals surface area contributed by atoms with Crippen molar-refractivity contribution in [3.63, 3.8) is 0 Å². The molecule has 0 saturated carbocycles. The molecular formula is C16H17ClN2O2S. The largest absolute Gasteiger partial charge is 0.456 e. The van der Waals surface area contributed by atoms with Gasteiger partial charge in [-0.3, -0.25) is 0 Å². The molecule has 22 heavy (non-hydrogen) atoms. The van der Waals surface area contributed by atoms with Crippen LogP contribution >= 0.6 is 23.4 Å². The van der Waals surface area contributed by atoms with Gasteiger partial charge in [-0.1, -0.05) is 23.4 Å². The minimum atomic E-state index is -0.535. The van der Waals surface area contributed by atoms with Crippen LogP contribution in [0.1, 0.15) is 31.1 Å². The van der Waals surface area contributed by atoms with Crippen LogP contribution in [-0.4, -0.2) is 16.6 Å². The molecule has 4 nitrogen and oxygen atoms in total. The maximum atomic E-state index is 12.0. The minimum Gasteiger partial charge on any atom is -0.456 e. The van der Waals surface area contributed by atoms with Crippen LogP contribution in [0.5, 0.6) is 0 Å². The predicted molar refractivity (Wildman–Crippen MR) is 89.4 cm³/mol. The van der Waals surface area contributed by atoms with Gasteiger partial charge in [-0.2, -0.15) is 0 Å². The van der Waals surface area contributed by atoms with E-state index in [1.165, 1.54) is 11.8 Å². The standard InChI is InChI=1S/C16H17ClN2O2S/c1-16(2,3)21-15(20)10-4-6-13(12(18)8-10)22-14-7-5-11(17)9-19-14/h4-9H,18H2,1-3H3. The molecule has 1 aromatic heterocycles. The van der Waals surface area contributed by atoms with Gasteiger partial charge in [-0.25, -0.2) is 9.78 Å². The van der Waals surface area contributed by atoms with Gasteiger partial charge in [-0.05, 0) is 51.1 Å². The molecule has 0 aliphatic carbocycles. The molecule has 2 rings (SSSR count). The summed E-state index contributed by atoms with van der Waals surface area (Å²) in [6, 6.07) is 8.68. The first-order valence-corrected chi connectivity index (χ1v) is 7.86. The molecular weight excluding hydrogens is 320 g/mol. The number of ether oxygens (including phenoxy) is 1. The third kappa shape index (κ3) is 4.64. The first-order valence-electron chi connectivity index (χ1n) is 6.67. The number of rotatable bonds is 3. The molecule has 0 radical (unpaired) electrons. The molecule has 1 aromatic carbocycles. The Balaban J connectivity index is 2.16. The molecule has 0 aliphatic heterocycles. The maximum Gasteiger partial charge on any atom is 0.338 e. The van der Waals surface area contributed by atoms with E-state index in [1.54, 1.807) is 30.5 Å². The van der Waals surface area contributed by atoms with Crippen molar-refractivity contribution >= 4 is 35.0 Å². The highest BCUT2D eigenvalue weighted by atomic mass is 35.5. The zero-order valence-corrected chi connectivity index (χ0v) is 14.2. The van der Waals surface area contributed by atoms with Crippen LogP contribution in [-0.2, 0) is 4.74 Å². The normalized spacial score (nSPS) is 11.3. The van der Waals surface area contributed by atoms with Crippen LogP contribution in [0.25, 0.3) is 0 Å². The van der Waals surface area contributed by atoms with E-state index in [0.717, 1.165) is 9.92 Å². The van der Waals surface area contributed by atoms with Crippen LogP contribution in [0.2, 0.25) is 5.02 Å². The van der Waals surface area contributed by atoms with Crippen molar-refractivity contribution in [2.24, 2.45) is 0 Å². The van der Waals surface area contributed by atoms with Gasteiger partial charge >= 0.3 is 5.97 Å². The summed E-state index contributed by atoms with van der Waals surface area (Å²) in [5.74, 6) is -0.389. The summed E-state index contributed by atoms with van der Waals surface area (Å²) < 4.78 is 5.32. The third-order valence-corrected chi connectivity index (χ3v) is 3.83. The predicted octanol–water partition coefficient (Wildman–Crippen LogP) is 4.42. The molecule has 6 heteroatoms. The molecule has 0 atom stereocenters. The summed E-state index contributed by atoms with van der Waals surface area (Å²) in [7, 11) is 0. The molecule has 116 valence electrons. The van der Waals surface area contributed by atoms with E-state index in [2.05, 4.69) is 4.98 Å². The number of pyridine rings is 1. The second-order valence-electron chi connectivity index (χ2n) is 5.67. The van der Waals surface area contributed by atoms with Crippen molar-refractivity contribution in [2.45, 2.75) is 36.3 Å². The van der Waals surface area contributed by atoms with Crippen LogP contribution in [0.4, 0.5) is 5.69 Å². The van der Waals surface area contributed by atoms with Gasteiger partial charge in [0.1, 0.15) is 10.6 Å². The van der Waals surface area contributed by atoms with Crippen molar-refractivity contribution in [1.82, 2.24) is 4.98 Å². The van der Waals surface area contributed by atoms with Crippen LogP contribution < -0.4 is 5.73 Å². The van der Waals surface area contributed by atoms with Crippen molar-refractivity contribution in [3.05, 3.63) is 47.1 Å². The molecule has 2 aromatic rings. The van der Waals surface area contributed by atoms with E-state index < -0.39 is 5.60 Å². The summed E-state index contributed by atoms with van der Waals surface area (Å²) in [6.07, 6.45) is 1.58. The van der Waals surface area contributed by atoms with Gasteiger partial charge in [0.2, 0.25) is 0 Å². The number of aromatic nitrogens is 1. The highest BCUT2D eigenvalue weighted by molar-refractivity contribution is 7.99. The van der Waals surface area contributed by atoms with Crippen LogP contribution in [0.3, 0.4) is 0 Å². The fourth-order valence-electron chi connectivity index (χ4n) is 1.64. The van der Waals surface area contributed by atoms with Gasteiger partial charge in [0.15, 0.2) is 0 Å². The van der Waals surface area contributed by atoms with Crippen molar-refractivity contribution < 1.29 is 9.53 Å². The Labute approximate surface area is 139 Å². The van der Waals surface area contributed by atoms with E-state index in [4.69, 9.17) is 22.1 Å². The highest BCUT2D eigenvalue weighted by Crippen LogP contribution is 2.32. The smallest absolute Gasteiger partial charge is 0.338 e. The van der Waals surface area contributed by atoms with Crippen molar-refractivity contribution in [1.29, 1.82) is 0 Å². The number of hydrogen-bond donors (Lipinski definition) is 1. The number of nitrogens with zero attached hydrogens (tertiary/aromatic N) is 1. The Morgan fingerprint density at radius 2 is 2.00 bits per heavy atom. The number of nitrogens with two attached hydrogens (primary N) is 1. The van der Waals surface area contributed by atoms with E-state index in [9.17, 15) is 4.79 Å². The van der Waals surface area contributed by atoms with E-state index >= 15 is 0 Å². The Morgan fingerprint density at radius 1 is 1.27 bits per heavy atom. The number of nitrogen functional groups attached to an aromatic ring is 1. The van der Waals surface area contributed by atoms with Crippen LogP contribution in [0.15, 0.2) is 46.5 Å². The molecule has 2 N–H and O–H groups in total. The van der Waals surface area contributed by atoms with Gasteiger partial charge in [-0.15, -0.1) is 0 Å². The number of benzene rings is 1. The molecule has 0 saturated heterocycles. The first-order chi connectivity index (χ1) is 10.2. The first kappa shape index (κ1) is 16.6. The second kappa shape index (κ2) is 6.58. The summed E-state index contributed by atoms with van der Waals surface area (Å²) in [4.78, 5) is 17.0. The molecule has 0 amide bonds. The second-order valence-corrected chi connectivity index (χ2v) is 7.17. The molecule has 0 bridgehead atoms. The molecule has 0 spiro atoms. The number of hydrogen-bond acceptors (Lipinski definition) is 5. The van der Waals surface area contributed by atoms with Gasteiger partial charge < -0.3 is 10.5 Å². The quantitative estimate of drug-likeness (QED) is 0.663. The zero-order chi connectivity index (χ0) is 16.3. The monoisotopic (exact) mass is 336 g/mol. The topological polar surface area (TPSA) is 65.2 Å². The molecule has 0 fully saturated rings. The number of carbonyl (C=O) groups is 1. The molecule has 0 unspecified atom stereocenters. The maximum absolute atomic E-state index is 12.0. The van der Waals surface area contributed by atoms with Crippen molar-refractivity contribution in [2.75, 3.05) is 5.73 Å². The molecule has 0 aliphatic rings. The number of halogens is 1. The SMILES string of the molecule is CC(C)(C)OC(=O)c1ccc(Sc2ccc(Cl)cn2)c(N)c1.